The first-order valence-electron chi connectivity index (χ1n) is 6.91. The van der Waals surface area contributed by atoms with E-state index >= 15 is 0 Å². The van der Waals surface area contributed by atoms with Gasteiger partial charge in [-0.15, -0.1) is 0 Å². The van der Waals surface area contributed by atoms with Crippen LogP contribution in [0, 0.1) is 5.82 Å². The van der Waals surface area contributed by atoms with E-state index in [-0.39, 0.29) is 18.0 Å². The van der Waals surface area contributed by atoms with Gasteiger partial charge in [-0.25, -0.2) is 9.37 Å². The molecular weight excluding hydrogens is 287 g/mol. The third-order valence-electron chi connectivity index (χ3n) is 2.97. The molecular formula is C15H17FN4O2. The fourth-order valence-corrected chi connectivity index (χ4v) is 1.86. The summed E-state index contributed by atoms with van der Waals surface area (Å²) in [6.45, 7) is 1.13. The molecule has 0 aliphatic heterocycles. The predicted octanol–water partition coefficient (Wildman–Crippen LogP) is 0.958. The summed E-state index contributed by atoms with van der Waals surface area (Å²) in [6.07, 6.45) is 6.02. The average molecular weight is 304 g/mol. The fraction of sp³-hybridized carbons (Fsp3) is 0.267. The van der Waals surface area contributed by atoms with Crippen LogP contribution in [0.15, 0.2) is 43.0 Å². The second-order valence-corrected chi connectivity index (χ2v) is 4.70. The molecule has 0 atom stereocenters. The maximum atomic E-state index is 13.0. The lowest BCUT2D eigenvalue weighted by atomic mass is 10.2. The van der Waals surface area contributed by atoms with Gasteiger partial charge in [0.05, 0.1) is 12.9 Å². The first kappa shape index (κ1) is 15.7. The zero-order valence-electron chi connectivity index (χ0n) is 12.0. The van der Waals surface area contributed by atoms with Crippen molar-refractivity contribution in [1.82, 2.24) is 20.2 Å². The van der Waals surface area contributed by atoms with E-state index < -0.39 is 11.7 Å². The summed E-state index contributed by atoms with van der Waals surface area (Å²) in [4.78, 5) is 27.2. The number of hydrogen-bond acceptors (Lipinski definition) is 3. The topological polar surface area (TPSA) is 76.0 Å². The predicted molar refractivity (Wildman–Crippen MR) is 78.6 cm³/mol. The molecule has 2 aromatic rings. The SMILES string of the molecule is O=C(CNC(=O)c1cccc(F)c1)NCCCn1ccnc1. The van der Waals surface area contributed by atoms with Crippen LogP contribution >= 0.6 is 0 Å². The van der Waals surface area contributed by atoms with Crippen LogP contribution in [0.4, 0.5) is 4.39 Å². The molecule has 0 aliphatic carbocycles. The van der Waals surface area contributed by atoms with E-state index in [1.807, 2.05) is 10.8 Å². The molecule has 0 unspecified atom stereocenters. The summed E-state index contributed by atoms with van der Waals surface area (Å²) in [5.74, 6) is -1.25. The average Bonchev–Trinajstić information content (AvgIpc) is 3.02. The maximum absolute atomic E-state index is 13.0. The number of benzene rings is 1. The fourth-order valence-electron chi connectivity index (χ4n) is 1.86. The quantitative estimate of drug-likeness (QED) is 0.748. The van der Waals surface area contributed by atoms with E-state index in [0.717, 1.165) is 19.0 Å². The van der Waals surface area contributed by atoms with Crippen molar-refractivity contribution in [3.63, 3.8) is 0 Å². The van der Waals surface area contributed by atoms with Crippen molar-refractivity contribution in [2.75, 3.05) is 13.1 Å². The Morgan fingerprint density at radius 3 is 2.86 bits per heavy atom. The smallest absolute Gasteiger partial charge is 0.251 e. The van der Waals surface area contributed by atoms with Crippen molar-refractivity contribution in [3.05, 3.63) is 54.4 Å². The minimum absolute atomic E-state index is 0.138. The summed E-state index contributed by atoms with van der Waals surface area (Å²) in [6, 6.07) is 5.31. The molecule has 6 nitrogen and oxygen atoms in total. The number of aryl methyl sites for hydroxylation is 1. The molecule has 22 heavy (non-hydrogen) atoms. The van der Waals surface area contributed by atoms with E-state index in [9.17, 15) is 14.0 Å². The highest BCUT2D eigenvalue weighted by Crippen LogP contribution is 2.02. The van der Waals surface area contributed by atoms with Gasteiger partial charge < -0.3 is 15.2 Å². The molecule has 0 saturated carbocycles. The van der Waals surface area contributed by atoms with Crippen LogP contribution in [-0.2, 0) is 11.3 Å². The van der Waals surface area contributed by atoms with Crippen molar-refractivity contribution in [2.24, 2.45) is 0 Å². The van der Waals surface area contributed by atoms with Crippen molar-refractivity contribution in [1.29, 1.82) is 0 Å². The Hall–Kier alpha value is -2.70. The van der Waals surface area contributed by atoms with Gasteiger partial charge in [-0.2, -0.15) is 0 Å². The van der Waals surface area contributed by atoms with Crippen molar-refractivity contribution in [3.8, 4) is 0 Å². The minimum Gasteiger partial charge on any atom is -0.355 e. The highest BCUT2D eigenvalue weighted by atomic mass is 19.1. The van der Waals surface area contributed by atoms with Crippen LogP contribution < -0.4 is 10.6 Å². The van der Waals surface area contributed by atoms with Crippen molar-refractivity contribution < 1.29 is 14.0 Å². The molecule has 0 aliphatic rings. The number of imidazole rings is 1. The Kier molecular flexibility index (Phi) is 5.65. The summed E-state index contributed by atoms with van der Waals surface area (Å²) in [7, 11) is 0. The third kappa shape index (κ3) is 5.01. The van der Waals surface area contributed by atoms with E-state index in [2.05, 4.69) is 15.6 Å². The van der Waals surface area contributed by atoms with Gasteiger partial charge in [-0.05, 0) is 24.6 Å². The Morgan fingerprint density at radius 2 is 2.14 bits per heavy atom. The lowest BCUT2D eigenvalue weighted by molar-refractivity contribution is -0.120. The standard InChI is InChI=1S/C15H17FN4O2/c16-13-4-1-3-12(9-13)15(22)19-10-14(21)18-5-2-7-20-8-6-17-11-20/h1,3-4,6,8-9,11H,2,5,7,10H2,(H,18,21)(H,19,22). The van der Waals surface area contributed by atoms with Crippen LogP contribution in [-0.4, -0.2) is 34.5 Å². The summed E-state index contributed by atoms with van der Waals surface area (Å²) >= 11 is 0. The summed E-state index contributed by atoms with van der Waals surface area (Å²) in [5.41, 5.74) is 0.188. The lowest BCUT2D eigenvalue weighted by Crippen LogP contribution is -2.37. The minimum atomic E-state index is -0.489. The van der Waals surface area contributed by atoms with Gasteiger partial charge in [-0.3, -0.25) is 9.59 Å². The normalized spacial score (nSPS) is 10.2. The Balaban J connectivity index is 1.64. The molecule has 2 rings (SSSR count). The van der Waals surface area contributed by atoms with E-state index in [0.29, 0.717) is 6.54 Å². The number of halogens is 1. The van der Waals surface area contributed by atoms with Crippen molar-refractivity contribution in [2.45, 2.75) is 13.0 Å². The number of carbonyl (C=O) groups is 2. The maximum Gasteiger partial charge on any atom is 0.251 e. The van der Waals surface area contributed by atoms with Gasteiger partial charge in [0.2, 0.25) is 5.91 Å². The van der Waals surface area contributed by atoms with E-state index in [1.54, 1.807) is 12.5 Å². The third-order valence-corrected chi connectivity index (χ3v) is 2.97. The number of hydrogen-bond donors (Lipinski definition) is 2. The Bertz CT molecular complexity index is 628. The van der Waals surface area contributed by atoms with E-state index in [1.165, 1.54) is 18.2 Å². The van der Waals surface area contributed by atoms with E-state index in [4.69, 9.17) is 0 Å². The van der Waals surface area contributed by atoms with Gasteiger partial charge in [0.25, 0.3) is 5.91 Å². The van der Waals surface area contributed by atoms with Crippen LogP contribution in [0.2, 0.25) is 0 Å². The second kappa shape index (κ2) is 7.92. The van der Waals surface area contributed by atoms with Gasteiger partial charge in [0.1, 0.15) is 5.82 Å². The number of nitrogens with one attached hydrogen (secondary N) is 2. The molecule has 0 saturated heterocycles. The van der Waals surface area contributed by atoms with Crippen LogP contribution in [0.1, 0.15) is 16.8 Å². The molecule has 7 heteroatoms. The molecule has 1 aromatic carbocycles. The summed E-state index contributed by atoms with van der Waals surface area (Å²) in [5, 5.41) is 5.15. The van der Waals surface area contributed by atoms with Crippen LogP contribution in [0.5, 0.6) is 0 Å². The molecule has 1 heterocycles. The van der Waals surface area contributed by atoms with Crippen LogP contribution in [0.3, 0.4) is 0 Å². The first-order chi connectivity index (χ1) is 10.6. The zero-order valence-corrected chi connectivity index (χ0v) is 12.0. The van der Waals surface area contributed by atoms with Crippen LogP contribution in [0.25, 0.3) is 0 Å². The summed E-state index contributed by atoms with van der Waals surface area (Å²) < 4.78 is 14.9. The number of amides is 2. The lowest BCUT2D eigenvalue weighted by Gasteiger charge is -2.07. The highest BCUT2D eigenvalue weighted by Gasteiger charge is 2.08. The molecule has 0 fully saturated rings. The molecule has 0 radical (unpaired) electrons. The van der Waals surface area contributed by atoms with Gasteiger partial charge >= 0.3 is 0 Å². The van der Waals surface area contributed by atoms with Gasteiger partial charge in [-0.1, -0.05) is 6.07 Å². The second-order valence-electron chi connectivity index (χ2n) is 4.70. The highest BCUT2D eigenvalue weighted by molar-refractivity contribution is 5.96. The largest absolute Gasteiger partial charge is 0.355 e. The molecule has 2 amide bonds. The molecule has 2 N–H and O–H groups in total. The van der Waals surface area contributed by atoms with Gasteiger partial charge in [0.15, 0.2) is 0 Å². The number of carbonyl (C=O) groups excluding carboxylic acids is 2. The molecule has 1 aromatic heterocycles. The molecule has 0 spiro atoms. The Labute approximate surface area is 127 Å². The zero-order chi connectivity index (χ0) is 15.8. The number of nitrogens with zero attached hydrogens (tertiary/aromatic N) is 2. The molecule has 116 valence electrons. The Morgan fingerprint density at radius 1 is 1.27 bits per heavy atom. The number of rotatable bonds is 7. The monoisotopic (exact) mass is 304 g/mol. The number of aromatic nitrogens is 2. The molecule has 0 bridgehead atoms. The first-order valence-corrected chi connectivity index (χ1v) is 6.91. The van der Waals surface area contributed by atoms with Crippen molar-refractivity contribution >= 4 is 11.8 Å². The van der Waals surface area contributed by atoms with Gasteiger partial charge in [0, 0.05) is 31.0 Å².